The second-order valence-electron chi connectivity index (χ2n) is 12.1. The van der Waals surface area contributed by atoms with E-state index >= 15 is 0 Å². The molecule has 0 unspecified atom stereocenters. The lowest BCUT2D eigenvalue weighted by Gasteiger charge is -2.26. The highest BCUT2D eigenvalue weighted by molar-refractivity contribution is 8.30. The fraction of sp³-hybridized carbons (Fsp3) is 0.0698. The molecule has 6 aromatic rings. The molecule has 0 bridgehead atoms. The maximum Gasteiger partial charge on any atom is 0.323 e. The molecule has 53 heavy (non-hydrogen) atoms. The van der Waals surface area contributed by atoms with Gasteiger partial charge in [-0.05, 0) is 77.2 Å². The number of anilines is 3. The zero-order valence-electron chi connectivity index (χ0n) is 28.6. The molecule has 0 aliphatic carbocycles. The smallest absolute Gasteiger partial charge is 0.323 e. The molecule has 7 rings (SSSR count). The lowest BCUT2D eigenvalue weighted by Crippen LogP contribution is -2.35. The number of aliphatic carboxylic acids is 1. The maximum absolute atomic E-state index is 13.3. The van der Waals surface area contributed by atoms with Crippen molar-refractivity contribution < 1.29 is 14.7 Å². The Balaban J connectivity index is 1.18. The first kappa shape index (κ1) is 35.6. The summed E-state index contributed by atoms with van der Waals surface area (Å²) in [7, 11) is 0. The number of carboxylic acid groups (broad SMARTS) is 1. The van der Waals surface area contributed by atoms with Gasteiger partial charge in [0.25, 0.3) is 11.5 Å². The Kier molecular flexibility index (Phi) is 10.6. The van der Waals surface area contributed by atoms with Crippen molar-refractivity contribution in [1.82, 2.24) is 9.47 Å². The van der Waals surface area contributed by atoms with Crippen LogP contribution in [-0.4, -0.2) is 37.3 Å². The van der Waals surface area contributed by atoms with Crippen LogP contribution in [0.3, 0.4) is 0 Å². The first-order valence-electron chi connectivity index (χ1n) is 16.9. The molecular formula is C43H33N3O4S3. The zero-order chi connectivity index (χ0) is 36.9. The van der Waals surface area contributed by atoms with Crippen molar-refractivity contribution in [3.63, 3.8) is 0 Å². The van der Waals surface area contributed by atoms with Gasteiger partial charge in [-0.2, -0.15) is 0 Å². The number of hydrogen-bond acceptors (Lipinski definition) is 7. The molecule has 5 aromatic carbocycles. The molecule has 0 spiro atoms. The van der Waals surface area contributed by atoms with Gasteiger partial charge in [0.15, 0.2) is 0 Å². The van der Waals surface area contributed by atoms with E-state index < -0.39 is 18.4 Å². The summed E-state index contributed by atoms with van der Waals surface area (Å²) < 4.78 is 2.62. The van der Waals surface area contributed by atoms with Gasteiger partial charge in [0.2, 0.25) is 0 Å². The average molecular weight is 752 g/mol. The lowest BCUT2D eigenvalue weighted by molar-refractivity contribution is -0.140. The highest BCUT2D eigenvalue weighted by atomic mass is 32.2. The number of thiocarbonyl (C=S) groups is 1. The first-order chi connectivity index (χ1) is 25.8. The predicted molar refractivity (Wildman–Crippen MR) is 222 cm³/mol. The Morgan fingerprint density at radius 3 is 1.72 bits per heavy atom. The zero-order valence-corrected chi connectivity index (χ0v) is 31.0. The van der Waals surface area contributed by atoms with E-state index in [1.165, 1.54) is 15.9 Å². The number of allylic oxidation sites excluding steroid dienone is 1. The number of benzene rings is 5. The SMILES string of the molecule is CCn1c(=C2SC(=S)N(CC(=O)O)C2=O)sc(=CC=Cc2ccc(N(c3ccc(-c4ccccc4)cc3)c3ccc(-c4ccccc4)cc3)cc2)c1=O. The van der Waals surface area contributed by atoms with E-state index in [1.54, 1.807) is 6.08 Å². The van der Waals surface area contributed by atoms with E-state index in [0.717, 1.165) is 61.5 Å². The molecule has 262 valence electrons. The van der Waals surface area contributed by atoms with Gasteiger partial charge < -0.3 is 10.0 Å². The van der Waals surface area contributed by atoms with Crippen LogP contribution in [0.25, 0.3) is 39.3 Å². The van der Waals surface area contributed by atoms with Crippen molar-refractivity contribution in [2.75, 3.05) is 11.4 Å². The number of nitrogens with zero attached hydrogens (tertiary/aromatic N) is 3. The quantitative estimate of drug-likeness (QED) is 0.141. The van der Waals surface area contributed by atoms with Crippen LogP contribution < -0.4 is 19.7 Å². The van der Waals surface area contributed by atoms with E-state index in [9.17, 15) is 19.5 Å². The van der Waals surface area contributed by atoms with Crippen molar-refractivity contribution in [3.8, 4) is 22.3 Å². The second kappa shape index (κ2) is 15.8. The fourth-order valence-electron chi connectivity index (χ4n) is 6.08. The van der Waals surface area contributed by atoms with Gasteiger partial charge in [0.05, 0.1) is 4.53 Å². The second-order valence-corrected chi connectivity index (χ2v) is 14.8. The summed E-state index contributed by atoms with van der Waals surface area (Å²) in [6, 6.07) is 46.0. The third kappa shape index (κ3) is 7.71. The number of aromatic nitrogens is 1. The standard InChI is InChI=1S/C43H33N3O4S3/c1-2-44-40(49)37(52-42(44)39-41(50)45(28-38(47)48)43(51)53-39)15-9-10-29-16-22-34(23-17-29)46(35-24-18-32(19-25-35)30-11-5-3-6-12-30)36-26-20-33(21-27-36)31-13-7-4-8-14-31/h3-27H,2,28H2,1H3,(H,47,48). The molecule has 2 heterocycles. The Bertz CT molecular complexity index is 2430. The topological polar surface area (TPSA) is 82.8 Å². The Labute approximate surface area is 320 Å². The van der Waals surface area contributed by atoms with E-state index in [0.29, 0.717) is 15.7 Å². The third-order valence-corrected chi connectivity index (χ3v) is 11.4. The highest BCUT2D eigenvalue weighted by Gasteiger charge is 2.35. The molecule has 7 nitrogen and oxygen atoms in total. The van der Waals surface area contributed by atoms with Gasteiger partial charge in [-0.25, -0.2) is 0 Å². The van der Waals surface area contributed by atoms with Gasteiger partial charge in [-0.15, -0.1) is 11.3 Å². The molecule has 1 saturated heterocycles. The maximum atomic E-state index is 13.3. The molecule has 1 fully saturated rings. The van der Waals surface area contributed by atoms with Crippen molar-refractivity contribution in [3.05, 3.63) is 165 Å². The largest absolute Gasteiger partial charge is 0.480 e. The average Bonchev–Trinajstić information content (AvgIpc) is 3.66. The Hall–Kier alpha value is -5.81. The van der Waals surface area contributed by atoms with Crippen molar-refractivity contribution in [1.29, 1.82) is 0 Å². The molecule has 1 aliphatic rings. The van der Waals surface area contributed by atoms with Crippen molar-refractivity contribution in [2.24, 2.45) is 0 Å². The number of rotatable bonds is 10. The predicted octanol–water partition coefficient (Wildman–Crippen LogP) is 8.28. The van der Waals surface area contributed by atoms with Crippen LogP contribution in [0, 0.1) is 0 Å². The number of thiazole rings is 1. The summed E-state index contributed by atoms with van der Waals surface area (Å²) in [4.78, 5) is 41.1. The van der Waals surface area contributed by atoms with Crippen LogP contribution in [0.1, 0.15) is 12.5 Å². The number of amides is 1. The van der Waals surface area contributed by atoms with Crippen LogP contribution in [0.5, 0.6) is 0 Å². The monoisotopic (exact) mass is 751 g/mol. The summed E-state index contributed by atoms with van der Waals surface area (Å²) in [5.41, 5.74) is 8.38. The summed E-state index contributed by atoms with van der Waals surface area (Å²) in [5, 5.41) is 9.20. The van der Waals surface area contributed by atoms with Gasteiger partial charge in [0, 0.05) is 23.6 Å². The molecule has 1 aromatic heterocycles. The minimum atomic E-state index is -1.16. The minimum absolute atomic E-state index is 0.164. The first-order valence-corrected chi connectivity index (χ1v) is 18.9. The molecule has 1 N–H and O–H groups in total. The molecule has 1 aliphatic heterocycles. The molecule has 0 atom stereocenters. The molecule has 0 radical (unpaired) electrons. The van der Waals surface area contributed by atoms with Crippen LogP contribution in [-0.2, 0) is 16.1 Å². The van der Waals surface area contributed by atoms with Crippen LogP contribution >= 0.6 is 35.3 Å². The molecular weight excluding hydrogens is 719 g/mol. The van der Waals surface area contributed by atoms with Crippen LogP contribution in [0.4, 0.5) is 17.1 Å². The third-order valence-electron chi connectivity index (χ3n) is 8.71. The normalized spacial score (nSPS) is 14.4. The number of carbonyl (C=O) groups is 2. The van der Waals surface area contributed by atoms with Crippen molar-refractivity contribution in [2.45, 2.75) is 13.5 Å². The number of thioether (sulfide) groups is 1. The van der Waals surface area contributed by atoms with E-state index in [4.69, 9.17) is 12.2 Å². The Morgan fingerprint density at radius 1 is 0.736 bits per heavy atom. The van der Waals surface area contributed by atoms with Crippen molar-refractivity contribution >= 4 is 85.6 Å². The minimum Gasteiger partial charge on any atom is -0.480 e. The highest BCUT2D eigenvalue weighted by Crippen LogP contribution is 2.37. The number of carboxylic acids is 1. The van der Waals surface area contributed by atoms with Gasteiger partial charge in [-0.1, -0.05) is 133 Å². The fourth-order valence-corrected chi connectivity index (χ4v) is 8.61. The molecule has 10 heteroatoms. The van der Waals surface area contributed by atoms with Crippen LogP contribution in [0.2, 0.25) is 0 Å². The number of hydrogen-bond donors (Lipinski definition) is 1. The van der Waals surface area contributed by atoms with Gasteiger partial charge in [0.1, 0.15) is 20.4 Å². The summed E-state index contributed by atoms with van der Waals surface area (Å²) in [6.07, 6.45) is 5.49. The summed E-state index contributed by atoms with van der Waals surface area (Å²) in [6.45, 7) is 1.66. The van der Waals surface area contributed by atoms with E-state index in [-0.39, 0.29) is 14.8 Å². The summed E-state index contributed by atoms with van der Waals surface area (Å²) in [5.74, 6) is -1.65. The van der Waals surface area contributed by atoms with E-state index in [2.05, 4.69) is 89.8 Å². The molecule has 0 saturated carbocycles. The lowest BCUT2D eigenvalue weighted by atomic mass is 10.0. The van der Waals surface area contributed by atoms with Crippen LogP contribution in [0.15, 0.2) is 144 Å². The van der Waals surface area contributed by atoms with Gasteiger partial charge >= 0.3 is 5.97 Å². The summed E-state index contributed by atoms with van der Waals surface area (Å²) >= 11 is 7.48. The molecule has 1 amide bonds. The van der Waals surface area contributed by atoms with Gasteiger partial charge in [-0.3, -0.25) is 23.9 Å². The van der Waals surface area contributed by atoms with E-state index in [1.807, 2.05) is 67.6 Å². The Morgan fingerprint density at radius 2 is 1.23 bits per heavy atom. The number of carbonyl (C=O) groups excluding carboxylic acids is 1.